The van der Waals surface area contributed by atoms with Crippen LogP contribution < -0.4 is 10.6 Å². The fraction of sp³-hybridized carbons (Fsp3) is 0.278. The third-order valence-electron chi connectivity index (χ3n) is 4.13. The summed E-state index contributed by atoms with van der Waals surface area (Å²) in [7, 11) is 0. The lowest BCUT2D eigenvalue weighted by Gasteiger charge is -2.25. The maximum atomic E-state index is 13.6. The van der Waals surface area contributed by atoms with Crippen LogP contribution >= 0.6 is 0 Å². The summed E-state index contributed by atoms with van der Waals surface area (Å²) in [6.07, 6.45) is -0.450. The zero-order valence-corrected chi connectivity index (χ0v) is 12.6. The first-order valence-electron chi connectivity index (χ1n) is 7.65. The van der Waals surface area contributed by atoms with Gasteiger partial charge in [-0.3, -0.25) is 4.79 Å². The van der Waals surface area contributed by atoms with E-state index >= 15 is 0 Å². The Morgan fingerprint density at radius 1 is 1.22 bits per heavy atom. The number of nitrogens with one attached hydrogen (secondary N) is 2. The van der Waals surface area contributed by atoms with E-state index in [9.17, 15) is 14.3 Å². The predicted molar refractivity (Wildman–Crippen MR) is 85.1 cm³/mol. The molecule has 0 aliphatic carbocycles. The molecule has 0 saturated carbocycles. The monoisotopic (exact) mass is 314 g/mol. The molecule has 0 spiro atoms. The van der Waals surface area contributed by atoms with E-state index in [4.69, 9.17) is 0 Å². The Bertz CT molecular complexity index is 705. The van der Waals surface area contributed by atoms with Gasteiger partial charge in [-0.15, -0.1) is 0 Å². The van der Waals surface area contributed by atoms with Gasteiger partial charge in [0.15, 0.2) is 0 Å². The summed E-state index contributed by atoms with van der Waals surface area (Å²) >= 11 is 0. The van der Waals surface area contributed by atoms with E-state index in [1.165, 1.54) is 17.7 Å². The van der Waals surface area contributed by atoms with Crippen molar-refractivity contribution in [2.24, 2.45) is 0 Å². The molecule has 23 heavy (non-hydrogen) atoms. The van der Waals surface area contributed by atoms with Crippen LogP contribution in [0.3, 0.4) is 0 Å². The summed E-state index contributed by atoms with van der Waals surface area (Å²) in [6, 6.07) is 13.7. The molecule has 1 aliphatic heterocycles. The minimum Gasteiger partial charge on any atom is -0.386 e. The van der Waals surface area contributed by atoms with Gasteiger partial charge in [0.25, 0.3) is 0 Å². The van der Waals surface area contributed by atoms with Gasteiger partial charge in [-0.05, 0) is 23.6 Å². The molecule has 1 unspecified atom stereocenters. The van der Waals surface area contributed by atoms with Gasteiger partial charge in [-0.1, -0.05) is 42.5 Å². The predicted octanol–water partition coefficient (Wildman–Crippen LogP) is 1.69. The zero-order chi connectivity index (χ0) is 16.2. The Labute approximate surface area is 134 Å². The van der Waals surface area contributed by atoms with E-state index in [-0.39, 0.29) is 24.1 Å². The Hall–Kier alpha value is -2.24. The van der Waals surface area contributed by atoms with Crippen molar-refractivity contribution in [3.8, 4) is 0 Å². The molecule has 3 N–H and O–H groups in total. The summed E-state index contributed by atoms with van der Waals surface area (Å²) in [5.74, 6) is -0.658. The number of hydrogen-bond donors (Lipinski definition) is 3. The smallest absolute Gasteiger partial charge is 0.237 e. The second-order valence-corrected chi connectivity index (χ2v) is 5.69. The summed E-state index contributed by atoms with van der Waals surface area (Å²) in [4.78, 5) is 12.3. The number of halogens is 1. The van der Waals surface area contributed by atoms with E-state index in [1.54, 1.807) is 12.1 Å². The highest BCUT2D eigenvalue weighted by atomic mass is 19.1. The van der Waals surface area contributed by atoms with Crippen LogP contribution in [0.5, 0.6) is 0 Å². The highest BCUT2D eigenvalue weighted by molar-refractivity contribution is 5.82. The third-order valence-corrected chi connectivity index (χ3v) is 4.13. The van der Waals surface area contributed by atoms with Crippen LogP contribution in [0.4, 0.5) is 4.39 Å². The molecule has 0 aromatic heterocycles. The van der Waals surface area contributed by atoms with Crippen LogP contribution in [0.25, 0.3) is 0 Å². The quantitative estimate of drug-likeness (QED) is 0.805. The van der Waals surface area contributed by atoms with Crippen molar-refractivity contribution < 1.29 is 14.3 Å². The molecule has 0 saturated heterocycles. The van der Waals surface area contributed by atoms with Gasteiger partial charge >= 0.3 is 0 Å². The highest BCUT2D eigenvalue weighted by Gasteiger charge is 2.24. The van der Waals surface area contributed by atoms with E-state index < -0.39 is 11.9 Å². The average Bonchev–Trinajstić information content (AvgIpc) is 2.59. The van der Waals surface area contributed by atoms with Crippen LogP contribution in [0.15, 0.2) is 48.5 Å². The van der Waals surface area contributed by atoms with Crippen molar-refractivity contribution in [3.63, 3.8) is 0 Å². The molecule has 120 valence electrons. The molecular formula is C18H19FN2O2. The minimum absolute atomic E-state index is 0.0143. The van der Waals surface area contributed by atoms with E-state index in [2.05, 4.69) is 10.6 Å². The summed E-state index contributed by atoms with van der Waals surface area (Å²) in [5.41, 5.74) is 2.54. The Morgan fingerprint density at radius 2 is 1.91 bits per heavy atom. The summed E-state index contributed by atoms with van der Waals surface area (Å²) < 4.78 is 13.6. The third kappa shape index (κ3) is 3.57. The molecule has 2 atom stereocenters. The van der Waals surface area contributed by atoms with Crippen molar-refractivity contribution in [1.29, 1.82) is 0 Å². The molecule has 1 heterocycles. The standard InChI is InChI=1S/C18H19FN2O2/c19-15-8-4-3-7-14(15)17(22)11-21-18(23)16-9-12-5-1-2-6-13(12)10-20-16/h1-8,16-17,20,22H,9-11H2,(H,21,23)/t16-,17?/m1/s1. The molecule has 1 aliphatic rings. The largest absolute Gasteiger partial charge is 0.386 e. The van der Waals surface area contributed by atoms with Crippen LogP contribution in [0.2, 0.25) is 0 Å². The topological polar surface area (TPSA) is 61.4 Å². The lowest BCUT2D eigenvalue weighted by Crippen LogP contribution is -2.48. The molecule has 1 amide bonds. The fourth-order valence-corrected chi connectivity index (χ4v) is 2.82. The lowest BCUT2D eigenvalue weighted by molar-refractivity contribution is -0.123. The second kappa shape index (κ2) is 6.89. The molecule has 0 radical (unpaired) electrons. The Kier molecular flexibility index (Phi) is 4.69. The van der Waals surface area contributed by atoms with Gasteiger partial charge in [0.2, 0.25) is 5.91 Å². The number of hydrogen-bond acceptors (Lipinski definition) is 3. The molecule has 4 nitrogen and oxygen atoms in total. The van der Waals surface area contributed by atoms with Crippen LogP contribution in [-0.4, -0.2) is 23.6 Å². The first-order valence-corrected chi connectivity index (χ1v) is 7.65. The van der Waals surface area contributed by atoms with E-state index in [0.717, 1.165) is 5.56 Å². The van der Waals surface area contributed by atoms with Crippen molar-refractivity contribution in [1.82, 2.24) is 10.6 Å². The summed E-state index contributed by atoms with van der Waals surface area (Å²) in [6.45, 7) is 0.629. The fourth-order valence-electron chi connectivity index (χ4n) is 2.82. The summed E-state index contributed by atoms with van der Waals surface area (Å²) in [5, 5.41) is 15.9. The Morgan fingerprint density at radius 3 is 2.70 bits per heavy atom. The first-order chi connectivity index (χ1) is 11.1. The molecule has 0 fully saturated rings. The van der Waals surface area contributed by atoms with Gasteiger partial charge in [-0.25, -0.2) is 4.39 Å². The molecule has 3 rings (SSSR count). The van der Waals surface area contributed by atoms with Crippen molar-refractivity contribution in [2.45, 2.75) is 25.1 Å². The maximum absolute atomic E-state index is 13.6. The molecular weight excluding hydrogens is 295 g/mol. The number of carbonyl (C=O) groups is 1. The molecule has 0 bridgehead atoms. The van der Waals surface area contributed by atoms with Gasteiger partial charge in [0, 0.05) is 18.7 Å². The van der Waals surface area contributed by atoms with Crippen LogP contribution in [0, 0.1) is 5.82 Å². The minimum atomic E-state index is -1.06. The average molecular weight is 314 g/mol. The number of amides is 1. The first kappa shape index (κ1) is 15.6. The van der Waals surface area contributed by atoms with Crippen molar-refractivity contribution in [2.75, 3.05) is 6.54 Å². The Balaban J connectivity index is 1.57. The van der Waals surface area contributed by atoms with Gasteiger partial charge in [-0.2, -0.15) is 0 Å². The van der Waals surface area contributed by atoms with Crippen LogP contribution in [-0.2, 0) is 17.8 Å². The highest BCUT2D eigenvalue weighted by Crippen LogP contribution is 2.17. The van der Waals surface area contributed by atoms with Gasteiger partial charge < -0.3 is 15.7 Å². The van der Waals surface area contributed by atoms with Crippen LogP contribution in [0.1, 0.15) is 22.8 Å². The number of rotatable bonds is 4. The second-order valence-electron chi connectivity index (χ2n) is 5.69. The van der Waals surface area contributed by atoms with E-state index in [0.29, 0.717) is 13.0 Å². The molecule has 5 heteroatoms. The number of fused-ring (bicyclic) bond motifs is 1. The van der Waals surface area contributed by atoms with E-state index in [1.807, 2.05) is 24.3 Å². The zero-order valence-electron chi connectivity index (χ0n) is 12.6. The number of carbonyl (C=O) groups excluding carboxylic acids is 1. The van der Waals surface area contributed by atoms with Gasteiger partial charge in [0.05, 0.1) is 12.1 Å². The SMILES string of the molecule is O=C(NCC(O)c1ccccc1F)[C@H]1Cc2ccccc2CN1. The number of benzene rings is 2. The van der Waals surface area contributed by atoms with Crippen molar-refractivity contribution >= 4 is 5.91 Å². The number of aliphatic hydroxyl groups excluding tert-OH is 1. The van der Waals surface area contributed by atoms with Crippen molar-refractivity contribution in [3.05, 3.63) is 71.0 Å². The molecule has 2 aromatic carbocycles. The molecule has 2 aromatic rings. The lowest BCUT2D eigenvalue weighted by atomic mass is 9.95. The van der Waals surface area contributed by atoms with Gasteiger partial charge in [0.1, 0.15) is 5.82 Å². The normalized spacial score (nSPS) is 18.1. The maximum Gasteiger partial charge on any atom is 0.237 e. The number of aliphatic hydroxyl groups is 1.